The summed E-state index contributed by atoms with van der Waals surface area (Å²) in [6.07, 6.45) is -2.34. The van der Waals surface area contributed by atoms with Crippen molar-refractivity contribution in [3.8, 4) is 0 Å². The first-order chi connectivity index (χ1) is 12.4. The molecule has 1 fully saturated rings. The largest absolute Gasteiger partial charge is 0.433 e. The van der Waals surface area contributed by atoms with E-state index in [0.29, 0.717) is 19.0 Å². The van der Waals surface area contributed by atoms with Crippen LogP contribution in [-0.2, 0) is 10.9 Å². The molecule has 0 spiro atoms. The standard InChI is InChI=1S/C16H25F3N6O.HI/c1-3-20-15(25-9-5-12(10-25)11-26-2)23-8-7-22-14-21-6-4-13(24-14)16(17,18)19;/h4,6,12H,3,5,7-11H2,1-2H3,(H,20,23)(H,21,22,24);1H. The molecule has 0 aromatic carbocycles. The molecule has 154 valence electrons. The maximum Gasteiger partial charge on any atom is 0.433 e. The van der Waals surface area contributed by atoms with Gasteiger partial charge in [0.25, 0.3) is 0 Å². The van der Waals surface area contributed by atoms with Crippen LogP contribution in [0.15, 0.2) is 17.3 Å². The summed E-state index contributed by atoms with van der Waals surface area (Å²) in [7, 11) is 1.70. The van der Waals surface area contributed by atoms with E-state index in [1.54, 1.807) is 7.11 Å². The number of hydrogen-bond acceptors (Lipinski definition) is 5. The van der Waals surface area contributed by atoms with E-state index in [1.807, 2.05) is 6.92 Å². The van der Waals surface area contributed by atoms with Gasteiger partial charge in [0.05, 0.1) is 13.2 Å². The van der Waals surface area contributed by atoms with Gasteiger partial charge < -0.3 is 20.3 Å². The monoisotopic (exact) mass is 502 g/mol. The average molecular weight is 502 g/mol. The first kappa shape index (κ1) is 23.7. The number of alkyl halides is 3. The summed E-state index contributed by atoms with van der Waals surface area (Å²) in [4.78, 5) is 14.0. The first-order valence-electron chi connectivity index (χ1n) is 8.60. The third kappa shape index (κ3) is 7.64. The van der Waals surface area contributed by atoms with Crippen LogP contribution in [0.25, 0.3) is 0 Å². The van der Waals surface area contributed by atoms with Crippen LogP contribution in [0.3, 0.4) is 0 Å². The Kier molecular flexibility index (Phi) is 10.1. The molecular weight excluding hydrogens is 476 g/mol. The summed E-state index contributed by atoms with van der Waals surface area (Å²) in [5.74, 6) is 1.24. The lowest BCUT2D eigenvalue weighted by Crippen LogP contribution is -2.40. The number of hydrogen-bond donors (Lipinski definition) is 2. The molecular formula is C16H26F3IN6O. The van der Waals surface area contributed by atoms with Crippen molar-refractivity contribution in [1.29, 1.82) is 0 Å². The van der Waals surface area contributed by atoms with Crippen molar-refractivity contribution < 1.29 is 17.9 Å². The van der Waals surface area contributed by atoms with E-state index in [1.165, 1.54) is 0 Å². The number of methoxy groups -OCH3 is 1. The number of nitrogens with one attached hydrogen (secondary N) is 2. The second-order valence-corrected chi connectivity index (χ2v) is 5.98. The average Bonchev–Trinajstić information content (AvgIpc) is 3.06. The van der Waals surface area contributed by atoms with Crippen molar-refractivity contribution in [2.45, 2.75) is 19.5 Å². The molecule has 0 saturated carbocycles. The van der Waals surface area contributed by atoms with E-state index in [9.17, 15) is 13.2 Å². The zero-order valence-corrected chi connectivity index (χ0v) is 17.8. The number of nitrogens with zero attached hydrogens (tertiary/aromatic N) is 4. The number of likely N-dealkylation sites (tertiary alicyclic amines) is 1. The van der Waals surface area contributed by atoms with Gasteiger partial charge in [-0.2, -0.15) is 13.2 Å². The van der Waals surface area contributed by atoms with E-state index in [2.05, 4.69) is 30.5 Å². The highest BCUT2D eigenvalue weighted by molar-refractivity contribution is 14.0. The Labute approximate surface area is 174 Å². The summed E-state index contributed by atoms with van der Waals surface area (Å²) in [5.41, 5.74) is -0.965. The Morgan fingerprint density at radius 1 is 1.44 bits per heavy atom. The number of ether oxygens (including phenoxy) is 1. The molecule has 7 nitrogen and oxygen atoms in total. The second kappa shape index (κ2) is 11.5. The third-order valence-corrected chi connectivity index (χ3v) is 3.93. The van der Waals surface area contributed by atoms with Crippen molar-refractivity contribution in [2.75, 3.05) is 51.8 Å². The molecule has 1 saturated heterocycles. The lowest BCUT2D eigenvalue weighted by Gasteiger charge is -2.21. The Morgan fingerprint density at radius 3 is 2.89 bits per heavy atom. The fraction of sp³-hybridized carbons (Fsp3) is 0.688. The van der Waals surface area contributed by atoms with Crippen molar-refractivity contribution >= 4 is 35.9 Å². The van der Waals surface area contributed by atoms with Crippen LogP contribution in [0.5, 0.6) is 0 Å². The van der Waals surface area contributed by atoms with Crippen molar-refractivity contribution in [1.82, 2.24) is 20.2 Å². The van der Waals surface area contributed by atoms with Gasteiger partial charge >= 0.3 is 6.18 Å². The maximum absolute atomic E-state index is 12.6. The zero-order chi connectivity index (χ0) is 19.0. The van der Waals surface area contributed by atoms with E-state index in [4.69, 9.17) is 4.74 Å². The molecule has 1 aliphatic heterocycles. The molecule has 0 amide bonds. The second-order valence-electron chi connectivity index (χ2n) is 5.98. The normalized spacial score (nSPS) is 17.6. The molecule has 1 unspecified atom stereocenters. The van der Waals surface area contributed by atoms with E-state index in [0.717, 1.165) is 50.9 Å². The van der Waals surface area contributed by atoms with Crippen molar-refractivity contribution in [3.63, 3.8) is 0 Å². The van der Waals surface area contributed by atoms with Crippen LogP contribution >= 0.6 is 24.0 Å². The number of aliphatic imine (C=N–C) groups is 1. The lowest BCUT2D eigenvalue weighted by atomic mass is 10.1. The van der Waals surface area contributed by atoms with Gasteiger partial charge in [-0.1, -0.05) is 0 Å². The summed E-state index contributed by atoms with van der Waals surface area (Å²) < 4.78 is 43.1. The van der Waals surface area contributed by atoms with Gasteiger partial charge in [0, 0.05) is 45.4 Å². The zero-order valence-electron chi connectivity index (χ0n) is 15.4. The third-order valence-electron chi connectivity index (χ3n) is 3.93. The van der Waals surface area contributed by atoms with Gasteiger partial charge in [-0.3, -0.25) is 4.99 Å². The molecule has 1 aromatic heterocycles. The highest BCUT2D eigenvalue weighted by Gasteiger charge is 2.32. The van der Waals surface area contributed by atoms with Crippen LogP contribution in [-0.4, -0.2) is 67.3 Å². The minimum absolute atomic E-state index is 0. The molecule has 0 radical (unpaired) electrons. The molecule has 0 aliphatic carbocycles. The summed E-state index contributed by atoms with van der Waals surface area (Å²) in [6.45, 7) is 5.98. The number of aromatic nitrogens is 2. The van der Waals surface area contributed by atoms with Crippen molar-refractivity contribution in [3.05, 3.63) is 18.0 Å². The molecule has 1 aliphatic rings. The van der Waals surface area contributed by atoms with Crippen LogP contribution in [0.2, 0.25) is 0 Å². The lowest BCUT2D eigenvalue weighted by molar-refractivity contribution is -0.141. The molecule has 1 atom stereocenters. The molecule has 2 rings (SSSR count). The molecule has 1 aromatic rings. The smallest absolute Gasteiger partial charge is 0.384 e. The molecule has 2 heterocycles. The topological polar surface area (TPSA) is 74.7 Å². The Hall–Kier alpha value is -1.37. The van der Waals surface area contributed by atoms with E-state index in [-0.39, 0.29) is 29.9 Å². The fourth-order valence-corrected chi connectivity index (χ4v) is 2.75. The molecule has 11 heteroatoms. The van der Waals surface area contributed by atoms with Crippen molar-refractivity contribution in [2.24, 2.45) is 10.9 Å². The van der Waals surface area contributed by atoms with Crippen LogP contribution in [0.4, 0.5) is 19.1 Å². The number of anilines is 1. The Balaban J connectivity index is 0.00000364. The summed E-state index contributed by atoms with van der Waals surface area (Å²) >= 11 is 0. The molecule has 2 N–H and O–H groups in total. The van der Waals surface area contributed by atoms with Gasteiger partial charge in [-0.05, 0) is 19.4 Å². The van der Waals surface area contributed by atoms with Gasteiger partial charge in [-0.15, -0.1) is 24.0 Å². The summed E-state index contributed by atoms with van der Waals surface area (Å²) in [6, 6.07) is 0.844. The van der Waals surface area contributed by atoms with E-state index < -0.39 is 11.9 Å². The van der Waals surface area contributed by atoms with Gasteiger partial charge in [0.15, 0.2) is 5.96 Å². The highest BCUT2D eigenvalue weighted by Crippen LogP contribution is 2.27. The number of rotatable bonds is 7. The van der Waals surface area contributed by atoms with E-state index >= 15 is 0 Å². The predicted molar refractivity (Wildman–Crippen MR) is 108 cm³/mol. The minimum Gasteiger partial charge on any atom is -0.384 e. The molecule has 0 bridgehead atoms. The Morgan fingerprint density at radius 2 is 2.22 bits per heavy atom. The first-order valence-corrected chi connectivity index (χ1v) is 8.60. The van der Waals surface area contributed by atoms with Gasteiger partial charge in [0.2, 0.25) is 5.95 Å². The number of halogens is 4. The van der Waals surface area contributed by atoms with Crippen LogP contribution in [0, 0.1) is 5.92 Å². The quantitative estimate of drug-likeness (QED) is 0.259. The number of guanidine groups is 1. The summed E-state index contributed by atoms with van der Waals surface area (Å²) in [5, 5.41) is 6.02. The fourth-order valence-electron chi connectivity index (χ4n) is 2.75. The predicted octanol–water partition coefficient (Wildman–Crippen LogP) is 2.46. The minimum atomic E-state index is -4.48. The van der Waals surface area contributed by atoms with Crippen LogP contribution in [0.1, 0.15) is 19.0 Å². The van der Waals surface area contributed by atoms with Gasteiger partial charge in [0.1, 0.15) is 5.69 Å². The molecule has 27 heavy (non-hydrogen) atoms. The van der Waals surface area contributed by atoms with Gasteiger partial charge in [-0.25, -0.2) is 9.97 Å². The Bertz CT molecular complexity index is 602. The highest BCUT2D eigenvalue weighted by atomic mass is 127. The maximum atomic E-state index is 12.6. The SMILES string of the molecule is CCNC(=NCCNc1nccc(C(F)(F)F)n1)N1CCC(COC)C1.I. The van der Waals surface area contributed by atoms with Crippen LogP contribution < -0.4 is 10.6 Å².